The lowest BCUT2D eigenvalue weighted by Crippen LogP contribution is -2.39. The number of carbonyl (C=O) groups excluding carboxylic acids is 1. The lowest BCUT2D eigenvalue weighted by Gasteiger charge is -2.36. The standard InChI is InChI=1S/C23H23NO4/c1-28-18-12-10-17(11-13-18)20-23(22(26)27)14-6-5-9-19(23)21(25)24(20)15-16-7-3-2-4-8-16/h2-4,7-13,20H,5-6,14-15H2,1H3,(H,26,27)/t20-,23-/m0/s1. The van der Waals surface area contributed by atoms with Gasteiger partial charge in [-0.3, -0.25) is 9.59 Å². The van der Waals surface area contributed by atoms with E-state index in [1.807, 2.05) is 60.7 Å². The summed E-state index contributed by atoms with van der Waals surface area (Å²) in [7, 11) is 1.59. The molecule has 1 heterocycles. The summed E-state index contributed by atoms with van der Waals surface area (Å²) in [6.07, 6.45) is 3.79. The Balaban J connectivity index is 1.85. The number of amides is 1. The van der Waals surface area contributed by atoms with Crippen LogP contribution in [0.1, 0.15) is 36.4 Å². The fraction of sp³-hybridized carbons (Fsp3) is 0.304. The Morgan fingerprint density at radius 3 is 2.54 bits per heavy atom. The second kappa shape index (κ2) is 7.15. The van der Waals surface area contributed by atoms with Gasteiger partial charge in [0.2, 0.25) is 0 Å². The number of hydrogen-bond acceptors (Lipinski definition) is 3. The van der Waals surface area contributed by atoms with Crippen molar-refractivity contribution in [3.63, 3.8) is 0 Å². The minimum Gasteiger partial charge on any atom is -0.497 e. The summed E-state index contributed by atoms with van der Waals surface area (Å²) in [5, 5.41) is 10.3. The normalized spacial score (nSPS) is 23.9. The van der Waals surface area contributed by atoms with Crippen molar-refractivity contribution in [3.05, 3.63) is 77.4 Å². The summed E-state index contributed by atoms with van der Waals surface area (Å²) >= 11 is 0. The second-order valence-electron chi connectivity index (χ2n) is 7.38. The van der Waals surface area contributed by atoms with Crippen molar-refractivity contribution >= 4 is 11.9 Å². The van der Waals surface area contributed by atoms with E-state index in [1.54, 1.807) is 12.0 Å². The first-order chi connectivity index (χ1) is 13.6. The van der Waals surface area contributed by atoms with Crippen LogP contribution in [0.2, 0.25) is 0 Å². The second-order valence-corrected chi connectivity index (χ2v) is 7.38. The molecule has 1 fully saturated rings. The van der Waals surface area contributed by atoms with Crippen LogP contribution in [-0.2, 0) is 16.1 Å². The Labute approximate surface area is 164 Å². The Hall–Kier alpha value is -3.08. The molecule has 0 radical (unpaired) electrons. The molecule has 1 N–H and O–H groups in total. The lowest BCUT2D eigenvalue weighted by atomic mass is 9.68. The maximum Gasteiger partial charge on any atom is 0.316 e. The molecule has 1 aliphatic heterocycles. The van der Waals surface area contributed by atoms with E-state index in [9.17, 15) is 14.7 Å². The highest BCUT2D eigenvalue weighted by atomic mass is 16.5. The van der Waals surface area contributed by atoms with Crippen molar-refractivity contribution < 1.29 is 19.4 Å². The molecule has 2 aromatic rings. The van der Waals surface area contributed by atoms with E-state index in [-0.39, 0.29) is 5.91 Å². The van der Waals surface area contributed by atoms with Gasteiger partial charge >= 0.3 is 5.97 Å². The van der Waals surface area contributed by atoms with Gasteiger partial charge in [-0.05, 0) is 42.5 Å². The van der Waals surface area contributed by atoms with Crippen molar-refractivity contribution in [2.75, 3.05) is 7.11 Å². The van der Waals surface area contributed by atoms with E-state index in [4.69, 9.17) is 4.74 Å². The van der Waals surface area contributed by atoms with Crippen LogP contribution in [0, 0.1) is 5.41 Å². The molecule has 5 nitrogen and oxygen atoms in total. The molecule has 2 aliphatic rings. The van der Waals surface area contributed by atoms with Gasteiger partial charge in [0, 0.05) is 12.1 Å². The minimum absolute atomic E-state index is 0.174. The summed E-state index contributed by atoms with van der Waals surface area (Å²) < 4.78 is 5.25. The molecular formula is C23H23NO4. The SMILES string of the molecule is COc1ccc([C@@H]2N(Cc3ccccc3)C(=O)C3=CCCC[C@]32C(=O)O)cc1. The van der Waals surface area contributed by atoms with E-state index in [2.05, 4.69) is 0 Å². The highest BCUT2D eigenvalue weighted by Crippen LogP contribution is 2.56. The van der Waals surface area contributed by atoms with Crippen LogP contribution in [0.3, 0.4) is 0 Å². The van der Waals surface area contributed by atoms with E-state index in [0.717, 1.165) is 24.0 Å². The quantitative estimate of drug-likeness (QED) is 0.856. The van der Waals surface area contributed by atoms with Gasteiger partial charge in [-0.2, -0.15) is 0 Å². The fourth-order valence-corrected chi connectivity index (χ4v) is 4.58. The average molecular weight is 377 g/mol. The van der Waals surface area contributed by atoms with E-state index >= 15 is 0 Å². The number of nitrogens with zero attached hydrogens (tertiary/aromatic N) is 1. The molecule has 0 unspecified atom stereocenters. The van der Waals surface area contributed by atoms with Crippen LogP contribution in [0.5, 0.6) is 5.75 Å². The Kier molecular flexibility index (Phi) is 4.67. The first-order valence-corrected chi connectivity index (χ1v) is 9.51. The Morgan fingerprint density at radius 1 is 1.18 bits per heavy atom. The summed E-state index contributed by atoms with van der Waals surface area (Å²) in [5.74, 6) is -0.401. The third-order valence-corrected chi connectivity index (χ3v) is 5.88. The number of allylic oxidation sites excluding steroid dienone is 1. The number of methoxy groups -OCH3 is 1. The van der Waals surface area contributed by atoms with Crippen molar-refractivity contribution in [3.8, 4) is 5.75 Å². The van der Waals surface area contributed by atoms with Gasteiger partial charge < -0.3 is 14.7 Å². The van der Waals surface area contributed by atoms with Crippen molar-refractivity contribution in [1.29, 1.82) is 0 Å². The number of carboxylic acids is 1. The van der Waals surface area contributed by atoms with E-state index in [0.29, 0.717) is 24.3 Å². The third-order valence-electron chi connectivity index (χ3n) is 5.88. The zero-order chi connectivity index (χ0) is 19.7. The fourth-order valence-electron chi connectivity index (χ4n) is 4.58. The Bertz CT molecular complexity index is 919. The number of likely N-dealkylation sites (tertiary alicyclic amines) is 1. The Morgan fingerprint density at radius 2 is 1.89 bits per heavy atom. The summed E-state index contributed by atoms with van der Waals surface area (Å²) in [6, 6.07) is 16.5. The number of hydrogen-bond donors (Lipinski definition) is 1. The topological polar surface area (TPSA) is 66.8 Å². The number of aliphatic carboxylic acids is 1. The molecule has 1 aliphatic carbocycles. The van der Waals surface area contributed by atoms with Crippen LogP contribution in [0.15, 0.2) is 66.2 Å². The van der Waals surface area contributed by atoms with Gasteiger partial charge in [0.1, 0.15) is 11.2 Å². The minimum atomic E-state index is -1.21. The number of carbonyl (C=O) groups is 2. The highest BCUT2D eigenvalue weighted by Gasteiger charge is 2.61. The number of fused-ring (bicyclic) bond motifs is 1. The highest BCUT2D eigenvalue weighted by molar-refractivity contribution is 6.05. The van der Waals surface area contributed by atoms with Gasteiger partial charge in [-0.15, -0.1) is 0 Å². The molecule has 5 heteroatoms. The molecule has 0 aromatic heterocycles. The molecular weight excluding hydrogens is 354 g/mol. The van der Waals surface area contributed by atoms with Crippen molar-refractivity contribution in [2.45, 2.75) is 31.8 Å². The van der Waals surface area contributed by atoms with Gasteiger partial charge in [-0.1, -0.05) is 48.5 Å². The van der Waals surface area contributed by atoms with Gasteiger partial charge in [-0.25, -0.2) is 0 Å². The zero-order valence-corrected chi connectivity index (χ0v) is 15.8. The van der Waals surface area contributed by atoms with Crippen LogP contribution >= 0.6 is 0 Å². The predicted molar refractivity (Wildman–Crippen MR) is 105 cm³/mol. The molecule has 4 rings (SSSR count). The molecule has 28 heavy (non-hydrogen) atoms. The number of carboxylic acid groups (broad SMARTS) is 1. The lowest BCUT2D eigenvalue weighted by molar-refractivity contribution is -0.149. The van der Waals surface area contributed by atoms with Gasteiger partial charge in [0.15, 0.2) is 0 Å². The summed E-state index contributed by atoms with van der Waals surface area (Å²) in [5.41, 5.74) is 1.02. The first-order valence-electron chi connectivity index (χ1n) is 9.51. The number of ether oxygens (including phenoxy) is 1. The maximum atomic E-state index is 13.3. The van der Waals surface area contributed by atoms with Crippen molar-refractivity contribution in [1.82, 2.24) is 4.90 Å². The molecule has 0 bridgehead atoms. The molecule has 0 saturated carbocycles. The monoisotopic (exact) mass is 377 g/mol. The van der Waals surface area contributed by atoms with E-state index in [1.165, 1.54) is 0 Å². The predicted octanol–water partition coefficient (Wildman–Crippen LogP) is 3.96. The van der Waals surface area contributed by atoms with Gasteiger partial charge in [0.25, 0.3) is 5.91 Å². The maximum absolute atomic E-state index is 13.3. The molecule has 1 saturated heterocycles. The summed E-state index contributed by atoms with van der Waals surface area (Å²) in [4.78, 5) is 27.6. The van der Waals surface area contributed by atoms with Crippen LogP contribution in [-0.4, -0.2) is 29.0 Å². The zero-order valence-electron chi connectivity index (χ0n) is 15.8. The molecule has 0 spiro atoms. The third kappa shape index (κ3) is 2.78. The molecule has 1 amide bonds. The van der Waals surface area contributed by atoms with Crippen LogP contribution < -0.4 is 4.74 Å². The molecule has 2 aromatic carbocycles. The number of rotatable bonds is 5. The smallest absolute Gasteiger partial charge is 0.316 e. The largest absolute Gasteiger partial charge is 0.497 e. The molecule has 144 valence electrons. The molecule has 2 atom stereocenters. The van der Waals surface area contributed by atoms with Crippen LogP contribution in [0.4, 0.5) is 0 Å². The average Bonchev–Trinajstić information content (AvgIpc) is 2.98. The van der Waals surface area contributed by atoms with Gasteiger partial charge in [0.05, 0.1) is 13.2 Å². The van der Waals surface area contributed by atoms with Crippen molar-refractivity contribution in [2.24, 2.45) is 5.41 Å². The van der Waals surface area contributed by atoms with Crippen LogP contribution in [0.25, 0.3) is 0 Å². The first kappa shape index (κ1) is 18.3. The van der Waals surface area contributed by atoms with E-state index < -0.39 is 17.4 Å². The number of benzene rings is 2. The summed E-state index contributed by atoms with van der Waals surface area (Å²) in [6.45, 7) is 0.378.